The minimum absolute atomic E-state index is 0.0479. The van der Waals surface area contributed by atoms with E-state index in [1.165, 1.54) is 17.5 Å². The van der Waals surface area contributed by atoms with Crippen LogP contribution >= 0.6 is 11.8 Å². The Hall–Kier alpha value is -1.05. The van der Waals surface area contributed by atoms with Crippen LogP contribution in [0.2, 0.25) is 0 Å². The number of thioether (sulfide) groups is 1. The summed E-state index contributed by atoms with van der Waals surface area (Å²) in [5.41, 5.74) is 2.71. The van der Waals surface area contributed by atoms with E-state index < -0.39 is 0 Å². The van der Waals surface area contributed by atoms with E-state index in [4.69, 9.17) is 18.9 Å². The minimum Gasteiger partial charge on any atom is -0.505 e. The van der Waals surface area contributed by atoms with Crippen LogP contribution in [0.1, 0.15) is 43.2 Å². The van der Waals surface area contributed by atoms with Crippen molar-refractivity contribution in [1.82, 2.24) is 4.90 Å². The van der Waals surface area contributed by atoms with E-state index in [0.717, 1.165) is 64.3 Å². The molecule has 1 unspecified atom stereocenters. The number of rotatable bonds is 9. The standard InChI is InChI=1S/C26H39NO4S/c1-20-8-10-21(11-9-20)19-32-24-18-23(31-25-7-3-4-15-30-25)26(22(24)6-5-14-28-2)27-12-16-29-17-13-27/h5,8-11,14,22-26H,3-4,6-7,12-13,15-19H2,1-2H3/t22-,23+,24-,25?,26+/m0/s1. The van der Waals surface area contributed by atoms with Gasteiger partial charge in [0, 0.05) is 36.7 Å². The number of morpholine rings is 1. The number of allylic oxidation sites excluding steroid dienone is 1. The highest BCUT2D eigenvalue weighted by Gasteiger charge is 2.47. The van der Waals surface area contributed by atoms with Crippen LogP contribution in [-0.4, -0.2) is 68.6 Å². The van der Waals surface area contributed by atoms with E-state index >= 15 is 0 Å². The fraction of sp³-hybridized carbons (Fsp3) is 0.692. The summed E-state index contributed by atoms with van der Waals surface area (Å²) in [5, 5.41) is 0.541. The molecule has 4 rings (SSSR count). The predicted octanol–water partition coefficient (Wildman–Crippen LogP) is 4.78. The zero-order chi connectivity index (χ0) is 22.2. The van der Waals surface area contributed by atoms with Gasteiger partial charge in [-0.15, -0.1) is 0 Å². The van der Waals surface area contributed by atoms with Crippen molar-refractivity contribution in [2.24, 2.45) is 5.92 Å². The highest BCUT2D eigenvalue weighted by molar-refractivity contribution is 7.99. The second-order valence-electron chi connectivity index (χ2n) is 9.19. The summed E-state index contributed by atoms with van der Waals surface area (Å²) in [6.07, 6.45) is 9.62. The lowest BCUT2D eigenvalue weighted by Gasteiger charge is -2.40. The Morgan fingerprint density at radius 1 is 1.12 bits per heavy atom. The van der Waals surface area contributed by atoms with Crippen LogP contribution in [0.3, 0.4) is 0 Å². The van der Waals surface area contributed by atoms with Crippen molar-refractivity contribution in [3.8, 4) is 0 Å². The maximum Gasteiger partial charge on any atom is 0.158 e. The highest BCUT2D eigenvalue weighted by Crippen LogP contribution is 2.43. The Morgan fingerprint density at radius 2 is 1.94 bits per heavy atom. The first-order valence-corrected chi connectivity index (χ1v) is 13.2. The maximum atomic E-state index is 6.68. The number of methoxy groups -OCH3 is 1. The molecule has 6 heteroatoms. The van der Waals surface area contributed by atoms with Gasteiger partial charge in [-0.05, 0) is 56.6 Å². The molecule has 178 valence electrons. The van der Waals surface area contributed by atoms with Crippen molar-refractivity contribution >= 4 is 11.8 Å². The third-order valence-electron chi connectivity index (χ3n) is 6.92. The average Bonchev–Trinajstić information content (AvgIpc) is 3.17. The Kier molecular flexibility index (Phi) is 9.35. The van der Waals surface area contributed by atoms with Gasteiger partial charge >= 0.3 is 0 Å². The van der Waals surface area contributed by atoms with Crippen LogP contribution in [0.5, 0.6) is 0 Å². The molecule has 5 nitrogen and oxygen atoms in total. The molecule has 1 saturated carbocycles. The lowest BCUT2D eigenvalue weighted by atomic mass is 9.96. The first kappa shape index (κ1) is 24.1. The summed E-state index contributed by atoms with van der Waals surface area (Å²) in [7, 11) is 1.72. The summed E-state index contributed by atoms with van der Waals surface area (Å²) in [6, 6.07) is 9.35. The van der Waals surface area contributed by atoms with Gasteiger partial charge < -0.3 is 18.9 Å². The molecule has 32 heavy (non-hydrogen) atoms. The molecule has 0 amide bonds. The molecule has 3 aliphatic rings. The number of ether oxygens (including phenoxy) is 4. The van der Waals surface area contributed by atoms with Crippen LogP contribution in [0.15, 0.2) is 36.6 Å². The van der Waals surface area contributed by atoms with Crippen molar-refractivity contribution in [2.75, 3.05) is 40.0 Å². The second kappa shape index (κ2) is 12.4. The van der Waals surface area contributed by atoms with E-state index in [1.807, 2.05) is 6.26 Å². The van der Waals surface area contributed by atoms with Crippen molar-refractivity contribution < 1.29 is 18.9 Å². The van der Waals surface area contributed by atoms with Crippen molar-refractivity contribution in [1.29, 1.82) is 0 Å². The molecule has 0 bridgehead atoms. The van der Waals surface area contributed by atoms with Crippen LogP contribution in [0.25, 0.3) is 0 Å². The predicted molar refractivity (Wildman–Crippen MR) is 130 cm³/mol. The number of nitrogens with zero attached hydrogens (tertiary/aromatic N) is 1. The molecular weight excluding hydrogens is 422 g/mol. The smallest absolute Gasteiger partial charge is 0.158 e. The first-order chi connectivity index (χ1) is 15.7. The Labute approximate surface area is 197 Å². The van der Waals surface area contributed by atoms with E-state index in [2.05, 4.69) is 53.9 Å². The summed E-state index contributed by atoms with van der Waals surface area (Å²) in [4.78, 5) is 2.62. The summed E-state index contributed by atoms with van der Waals surface area (Å²) < 4.78 is 23.6. The van der Waals surface area contributed by atoms with Gasteiger partial charge in [0.25, 0.3) is 0 Å². The molecule has 0 spiro atoms. The van der Waals surface area contributed by atoms with Gasteiger partial charge in [-0.25, -0.2) is 0 Å². The second-order valence-corrected chi connectivity index (χ2v) is 10.4. The van der Waals surface area contributed by atoms with Gasteiger partial charge in [-0.2, -0.15) is 11.8 Å². The topological polar surface area (TPSA) is 40.2 Å². The van der Waals surface area contributed by atoms with Crippen molar-refractivity contribution in [3.63, 3.8) is 0 Å². The number of benzene rings is 1. The number of hydrogen-bond donors (Lipinski definition) is 0. The van der Waals surface area contributed by atoms with Gasteiger partial charge in [0.05, 0.1) is 32.7 Å². The average molecular weight is 462 g/mol. The lowest BCUT2D eigenvalue weighted by molar-refractivity contribution is -0.199. The first-order valence-electron chi connectivity index (χ1n) is 12.2. The highest BCUT2D eigenvalue weighted by atomic mass is 32.2. The molecule has 2 heterocycles. The molecule has 0 N–H and O–H groups in total. The molecule has 2 saturated heterocycles. The largest absolute Gasteiger partial charge is 0.505 e. The fourth-order valence-electron chi connectivity index (χ4n) is 5.25. The molecule has 2 aliphatic heterocycles. The fourth-order valence-corrected chi connectivity index (χ4v) is 6.69. The molecule has 0 radical (unpaired) electrons. The molecule has 5 atom stereocenters. The molecule has 0 aromatic heterocycles. The zero-order valence-electron chi connectivity index (χ0n) is 19.6. The van der Waals surface area contributed by atoms with Gasteiger partial charge in [0.2, 0.25) is 0 Å². The maximum absolute atomic E-state index is 6.68. The summed E-state index contributed by atoms with van der Waals surface area (Å²) >= 11 is 2.09. The third-order valence-corrected chi connectivity index (χ3v) is 8.39. The van der Waals surface area contributed by atoms with E-state index in [1.54, 1.807) is 7.11 Å². The SMILES string of the molecule is COC=CC[C@@H]1[C@@H](N2CCOCC2)[C@H](OC2CCCCO2)C[C@@H]1SCc1ccc(C)cc1. The van der Waals surface area contributed by atoms with Gasteiger partial charge in [-0.1, -0.05) is 29.8 Å². The molecule has 1 aromatic rings. The summed E-state index contributed by atoms with van der Waals surface area (Å²) in [5.74, 6) is 1.56. The van der Waals surface area contributed by atoms with Gasteiger partial charge in [0.15, 0.2) is 6.29 Å². The molecule has 3 fully saturated rings. The normalized spacial score (nSPS) is 31.9. The molecular formula is C26H39NO4S. The Morgan fingerprint density at radius 3 is 2.66 bits per heavy atom. The van der Waals surface area contributed by atoms with Gasteiger partial charge in [-0.3, -0.25) is 4.90 Å². The molecule has 1 aromatic carbocycles. The van der Waals surface area contributed by atoms with Crippen LogP contribution < -0.4 is 0 Å². The lowest BCUT2D eigenvalue weighted by Crippen LogP contribution is -2.51. The van der Waals surface area contributed by atoms with E-state index in [9.17, 15) is 0 Å². The van der Waals surface area contributed by atoms with Crippen molar-refractivity contribution in [3.05, 3.63) is 47.7 Å². The number of aryl methyl sites for hydroxylation is 1. The Balaban J connectivity index is 1.50. The zero-order valence-corrected chi connectivity index (χ0v) is 20.4. The number of hydrogen-bond acceptors (Lipinski definition) is 6. The quantitative estimate of drug-likeness (QED) is 0.493. The van der Waals surface area contributed by atoms with Crippen LogP contribution in [0.4, 0.5) is 0 Å². The summed E-state index contributed by atoms with van der Waals surface area (Å²) in [6.45, 7) is 6.56. The molecule has 1 aliphatic carbocycles. The van der Waals surface area contributed by atoms with Gasteiger partial charge in [0.1, 0.15) is 0 Å². The van der Waals surface area contributed by atoms with E-state index in [-0.39, 0.29) is 12.4 Å². The van der Waals surface area contributed by atoms with Crippen LogP contribution in [-0.2, 0) is 24.7 Å². The Bertz CT molecular complexity index is 700. The van der Waals surface area contributed by atoms with E-state index in [0.29, 0.717) is 17.2 Å². The minimum atomic E-state index is -0.0479. The van der Waals surface area contributed by atoms with Crippen LogP contribution in [0, 0.1) is 12.8 Å². The van der Waals surface area contributed by atoms with Crippen molar-refractivity contribution in [2.45, 2.75) is 68.5 Å². The monoisotopic (exact) mass is 461 g/mol. The third kappa shape index (κ3) is 6.51.